The van der Waals surface area contributed by atoms with E-state index in [4.69, 9.17) is 4.55 Å². The molecule has 0 radical (unpaired) electrons. The van der Waals surface area contributed by atoms with Crippen LogP contribution < -0.4 is 9.47 Å². The molecule has 3 rings (SSSR count). The first-order valence-electron chi connectivity index (χ1n) is 8.52. The number of allylic oxidation sites excluding steroid dienone is 1. The Morgan fingerprint density at radius 2 is 2.12 bits per heavy atom. The van der Waals surface area contributed by atoms with Crippen LogP contribution in [-0.2, 0) is 16.7 Å². The summed E-state index contributed by atoms with van der Waals surface area (Å²) >= 11 is -0.136. The molecule has 0 aliphatic carbocycles. The molecule has 0 spiro atoms. The van der Waals surface area contributed by atoms with Crippen LogP contribution in [0.3, 0.4) is 0 Å². The Labute approximate surface area is 159 Å². The van der Waals surface area contributed by atoms with Crippen molar-refractivity contribution in [1.29, 1.82) is 0 Å². The average Bonchev–Trinajstić information content (AvgIpc) is 3.16. The van der Waals surface area contributed by atoms with Crippen molar-refractivity contribution < 1.29 is 21.9 Å². The van der Waals surface area contributed by atoms with E-state index >= 15 is 4.39 Å². The number of halogens is 1. The SMILES string of the molecule is CCN1C(=C(F)c2[se]cc[n+]2CCCS(=O)(=O)O)C(C)c2ccccc21. The maximum absolute atomic E-state index is 15.5. The Bertz CT molecular complexity index is 939. The van der Waals surface area contributed by atoms with Crippen molar-refractivity contribution in [3.63, 3.8) is 0 Å². The van der Waals surface area contributed by atoms with Crippen LogP contribution in [-0.4, -0.2) is 39.8 Å². The number of para-hydroxylation sites is 1. The number of aryl methyl sites for hydroxylation is 1. The predicted molar refractivity (Wildman–Crippen MR) is 101 cm³/mol. The van der Waals surface area contributed by atoms with E-state index in [9.17, 15) is 8.42 Å². The molecule has 140 valence electrons. The second-order valence-electron chi connectivity index (χ2n) is 6.27. The molecule has 1 atom stereocenters. The summed E-state index contributed by atoms with van der Waals surface area (Å²) in [6.45, 7) is 5.07. The van der Waals surface area contributed by atoms with Crippen molar-refractivity contribution in [2.75, 3.05) is 17.2 Å². The molecule has 1 aliphatic heterocycles. The van der Waals surface area contributed by atoms with E-state index in [0.717, 1.165) is 11.3 Å². The van der Waals surface area contributed by atoms with Crippen LogP contribution in [0.2, 0.25) is 0 Å². The number of likely N-dealkylation sites (N-methyl/N-ethyl adjacent to an activating group) is 1. The van der Waals surface area contributed by atoms with E-state index in [-0.39, 0.29) is 38.4 Å². The maximum atomic E-state index is 15.5. The number of anilines is 1. The Morgan fingerprint density at radius 3 is 2.81 bits per heavy atom. The summed E-state index contributed by atoms with van der Waals surface area (Å²) in [5.74, 6) is -0.569. The number of rotatable bonds is 6. The zero-order valence-corrected chi connectivity index (χ0v) is 17.3. The Morgan fingerprint density at radius 1 is 1.38 bits per heavy atom. The third-order valence-corrected chi connectivity index (χ3v) is 7.29. The van der Waals surface area contributed by atoms with Gasteiger partial charge in [0, 0.05) is 0 Å². The molecule has 2 aromatic rings. The van der Waals surface area contributed by atoms with Crippen LogP contribution in [0.4, 0.5) is 10.1 Å². The van der Waals surface area contributed by atoms with E-state index in [1.54, 1.807) is 4.57 Å². The molecule has 0 amide bonds. The van der Waals surface area contributed by atoms with E-state index in [1.807, 2.05) is 54.1 Å². The van der Waals surface area contributed by atoms with E-state index in [1.165, 1.54) is 0 Å². The Hall–Kier alpha value is -1.47. The van der Waals surface area contributed by atoms with Crippen molar-refractivity contribution >= 4 is 36.1 Å². The van der Waals surface area contributed by atoms with Crippen LogP contribution in [0.5, 0.6) is 0 Å². The number of fused-ring (bicyclic) bond motifs is 1. The third kappa shape index (κ3) is 3.78. The van der Waals surface area contributed by atoms with Gasteiger partial charge in [-0.3, -0.25) is 0 Å². The summed E-state index contributed by atoms with van der Waals surface area (Å²) in [6.07, 6.45) is 2.06. The molecule has 8 heteroatoms. The normalized spacial score (nSPS) is 18.9. The van der Waals surface area contributed by atoms with Crippen molar-refractivity contribution in [2.24, 2.45) is 0 Å². The zero-order valence-electron chi connectivity index (χ0n) is 14.7. The molecule has 1 aliphatic rings. The van der Waals surface area contributed by atoms with Gasteiger partial charge in [-0.15, -0.1) is 0 Å². The van der Waals surface area contributed by atoms with Crippen LogP contribution in [0, 0.1) is 0 Å². The fourth-order valence-electron chi connectivity index (χ4n) is 3.44. The Balaban J connectivity index is 1.94. The molecule has 5 nitrogen and oxygen atoms in total. The van der Waals surface area contributed by atoms with Gasteiger partial charge in [-0.05, 0) is 0 Å². The van der Waals surface area contributed by atoms with Gasteiger partial charge in [-0.25, -0.2) is 0 Å². The third-order valence-electron chi connectivity index (χ3n) is 4.61. The molecular formula is C18H22FN2O3SSe+. The van der Waals surface area contributed by atoms with Gasteiger partial charge in [-0.1, -0.05) is 0 Å². The van der Waals surface area contributed by atoms with Crippen LogP contribution in [0.25, 0.3) is 5.83 Å². The molecule has 1 aromatic heterocycles. The van der Waals surface area contributed by atoms with Gasteiger partial charge >= 0.3 is 159 Å². The monoisotopic (exact) mass is 445 g/mol. The minimum absolute atomic E-state index is 0.0327. The van der Waals surface area contributed by atoms with Crippen LogP contribution in [0.1, 0.15) is 36.3 Å². The summed E-state index contributed by atoms with van der Waals surface area (Å²) in [5, 5.41) is 0. The number of nitrogens with zero attached hydrogens (tertiary/aromatic N) is 2. The van der Waals surface area contributed by atoms with Crippen LogP contribution in [0.15, 0.2) is 41.1 Å². The van der Waals surface area contributed by atoms with Gasteiger partial charge in [0.25, 0.3) is 0 Å². The Kier molecular flexibility index (Phi) is 5.67. The minimum atomic E-state index is -4.00. The predicted octanol–water partition coefficient (Wildman–Crippen LogP) is 2.59. The molecule has 1 aromatic carbocycles. The van der Waals surface area contributed by atoms with Crippen molar-refractivity contribution in [3.8, 4) is 0 Å². The molecule has 1 N–H and O–H groups in total. The molecule has 0 saturated heterocycles. The van der Waals surface area contributed by atoms with Gasteiger partial charge in [-0.2, -0.15) is 0 Å². The fraction of sp³-hybridized carbons (Fsp3) is 0.389. The fourth-order valence-corrected chi connectivity index (χ4v) is 5.68. The topological polar surface area (TPSA) is 61.5 Å². The van der Waals surface area contributed by atoms with Crippen LogP contribution >= 0.6 is 0 Å². The number of hydrogen-bond donors (Lipinski definition) is 1. The molecule has 0 fully saturated rings. The van der Waals surface area contributed by atoms with Gasteiger partial charge in [0.2, 0.25) is 0 Å². The first-order valence-corrected chi connectivity index (χ1v) is 12.0. The summed E-state index contributed by atoms with van der Waals surface area (Å²) in [7, 11) is -4.00. The van der Waals surface area contributed by atoms with Crippen molar-refractivity contribution in [3.05, 3.63) is 51.2 Å². The summed E-state index contributed by atoms with van der Waals surface area (Å²) in [5.41, 5.74) is 2.84. The van der Waals surface area contributed by atoms with E-state index < -0.39 is 10.1 Å². The quantitative estimate of drug-likeness (QED) is 0.423. The number of aromatic nitrogens is 1. The summed E-state index contributed by atoms with van der Waals surface area (Å²) in [4.78, 5) is 3.95. The molecule has 0 saturated carbocycles. The summed E-state index contributed by atoms with van der Waals surface area (Å²) in [6, 6.07) is 7.99. The van der Waals surface area contributed by atoms with Gasteiger partial charge < -0.3 is 0 Å². The number of hydrogen-bond acceptors (Lipinski definition) is 3. The molecule has 1 unspecified atom stereocenters. The van der Waals surface area contributed by atoms with Gasteiger partial charge in [0.05, 0.1) is 0 Å². The molecular weight excluding hydrogens is 422 g/mol. The van der Waals surface area contributed by atoms with E-state index in [0.29, 0.717) is 23.4 Å². The van der Waals surface area contributed by atoms with Crippen molar-refractivity contribution in [1.82, 2.24) is 0 Å². The molecule has 2 heterocycles. The standard InChI is InChI=1S/C18H21FN2O3SSe/c1-3-21-15-8-5-4-7-14(15)13(2)17(21)16(19)18-20(10-12-26-18)9-6-11-25(22,23)24/h4-5,7-8,10,12-13H,3,6,9,11H2,1-2H3/p+1. The first kappa shape index (κ1) is 19.3. The zero-order chi connectivity index (χ0) is 18.9. The summed E-state index contributed by atoms with van der Waals surface area (Å²) < 4.78 is 48.6. The molecule has 0 bridgehead atoms. The second-order valence-corrected chi connectivity index (χ2v) is 9.71. The van der Waals surface area contributed by atoms with Gasteiger partial charge in [0.1, 0.15) is 0 Å². The number of benzene rings is 1. The van der Waals surface area contributed by atoms with Gasteiger partial charge in [0.15, 0.2) is 0 Å². The van der Waals surface area contributed by atoms with E-state index in [2.05, 4.69) is 0 Å². The second kappa shape index (κ2) is 7.64. The van der Waals surface area contributed by atoms with Crippen molar-refractivity contribution in [2.45, 2.75) is 32.7 Å². The first-order chi connectivity index (χ1) is 12.3. The average molecular weight is 444 g/mol. The molecule has 26 heavy (non-hydrogen) atoms.